The number of imidazole rings is 1. The van der Waals surface area contributed by atoms with Crippen molar-refractivity contribution in [2.75, 3.05) is 30.3 Å². The normalized spacial score (nSPS) is 24.0. The molecule has 4 rings (SSSR count). The molecule has 2 aliphatic rings. The van der Waals surface area contributed by atoms with Gasteiger partial charge in [0.15, 0.2) is 15.0 Å². The number of carbonyl (C=O) groups is 1. The Morgan fingerprint density at radius 2 is 1.97 bits per heavy atom. The number of nitrogens with one attached hydrogen (secondary N) is 1. The predicted molar refractivity (Wildman–Crippen MR) is 119 cm³/mol. The van der Waals surface area contributed by atoms with Gasteiger partial charge >= 0.3 is 0 Å². The highest BCUT2D eigenvalue weighted by atomic mass is 32.2. The molecule has 2 aliphatic heterocycles. The third kappa shape index (κ3) is 4.90. The Labute approximate surface area is 182 Å². The molecule has 9 heteroatoms. The Hall–Kier alpha value is -1.84. The highest BCUT2D eigenvalue weighted by molar-refractivity contribution is 7.99. The largest absolute Gasteiger partial charge is 0.350 e. The molecule has 1 amide bonds. The van der Waals surface area contributed by atoms with Crippen molar-refractivity contribution in [1.82, 2.24) is 19.8 Å². The van der Waals surface area contributed by atoms with Crippen molar-refractivity contribution in [2.45, 2.75) is 43.4 Å². The van der Waals surface area contributed by atoms with Gasteiger partial charge in [0.1, 0.15) is 0 Å². The van der Waals surface area contributed by atoms with Crippen molar-refractivity contribution >= 4 is 27.5 Å². The number of aryl methyl sites for hydroxylation is 1. The molecule has 2 aromatic rings. The second-order valence-electron chi connectivity index (χ2n) is 8.07. The number of amides is 1. The monoisotopic (exact) mass is 448 g/mol. The van der Waals surface area contributed by atoms with E-state index in [2.05, 4.69) is 15.2 Å². The molecule has 1 aromatic heterocycles. The third-order valence-electron chi connectivity index (χ3n) is 5.84. The maximum atomic E-state index is 12.7. The van der Waals surface area contributed by atoms with Crippen LogP contribution in [0.3, 0.4) is 0 Å². The Bertz CT molecular complexity index is 999. The van der Waals surface area contributed by atoms with Crippen LogP contribution in [0.4, 0.5) is 0 Å². The molecule has 0 aliphatic carbocycles. The molecule has 0 bridgehead atoms. The summed E-state index contributed by atoms with van der Waals surface area (Å²) < 4.78 is 26.5. The van der Waals surface area contributed by atoms with E-state index in [0.717, 1.165) is 42.3 Å². The van der Waals surface area contributed by atoms with Gasteiger partial charge in [-0.1, -0.05) is 36.4 Å². The standard InChI is InChI=1S/C21H28N4O3S2/c1-16-7-3-4-8-18(16)25-12-9-22-21(25)29-13-20(26)23-17-14-30(27,28)15-19(17)24-10-5-2-6-11-24/h3-4,7-9,12,17,19H,2,5-6,10-11,13-15H2,1H3,(H,23,26). The van der Waals surface area contributed by atoms with Gasteiger partial charge in [-0.2, -0.15) is 0 Å². The number of nitrogens with zero attached hydrogens (tertiary/aromatic N) is 3. The van der Waals surface area contributed by atoms with Gasteiger partial charge in [-0.3, -0.25) is 14.3 Å². The SMILES string of the molecule is Cc1ccccc1-n1ccnc1SCC(=O)NC1CS(=O)(=O)CC1N1CCCCC1. The molecule has 1 aromatic carbocycles. The molecule has 0 radical (unpaired) electrons. The molecule has 7 nitrogen and oxygen atoms in total. The number of piperidine rings is 1. The first-order valence-corrected chi connectivity index (χ1v) is 13.2. The second kappa shape index (κ2) is 9.11. The van der Waals surface area contributed by atoms with Crippen LogP contribution in [0.2, 0.25) is 0 Å². The molecule has 2 unspecified atom stereocenters. The van der Waals surface area contributed by atoms with Crippen LogP contribution < -0.4 is 5.32 Å². The van der Waals surface area contributed by atoms with Gasteiger partial charge in [-0.25, -0.2) is 13.4 Å². The van der Waals surface area contributed by atoms with E-state index >= 15 is 0 Å². The van der Waals surface area contributed by atoms with Gasteiger partial charge < -0.3 is 5.32 Å². The van der Waals surface area contributed by atoms with E-state index in [1.807, 2.05) is 42.0 Å². The van der Waals surface area contributed by atoms with Crippen LogP contribution in [0.25, 0.3) is 5.69 Å². The summed E-state index contributed by atoms with van der Waals surface area (Å²) in [4.78, 5) is 19.3. The quantitative estimate of drug-likeness (QED) is 0.681. The number of carbonyl (C=O) groups excluding carboxylic acids is 1. The number of para-hydroxylation sites is 1. The van der Waals surface area contributed by atoms with E-state index in [9.17, 15) is 13.2 Å². The zero-order valence-electron chi connectivity index (χ0n) is 17.2. The minimum Gasteiger partial charge on any atom is -0.350 e. The van der Waals surface area contributed by atoms with Crippen molar-refractivity contribution in [2.24, 2.45) is 0 Å². The minimum atomic E-state index is -3.12. The maximum Gasteiger partial charge on any atom is 0.230 e. The molecule has 2 saturated heterocycles. The zero-order chi connectivity index (χ0) is 21.1. The molecule has 1 N–H and O–H groups in total. The summed E-state index contributed by atoms with van der Waals surface area (Å²) in [5, 5.41) is 3.74. The summed E-state index contributed by atoms with van der Waals surface area (Å²) in [7, 11) is -3.12. The van der Waals surface area contributed by atoms with Crippen LogP contribution in [0, 0.1) is 6.92 Å². The lowest BCUT2D eigenvalue weighted by atomic mass is 10.1. The van der Waals surface area contributed by atoms with E-state index in [-0.39, 0.29) is 35.2 Å². The Morgan fingerprint density at radius 1 is 1.20 bits per heavy atom. The molecule has 0 spiro atoms. The van der Waals surface area contributed by atoms with Gasteiger partial charge in [0.05, 0.1) is 29.0 Å². The summed E-state index contributed by atoms with van der Waals surface area (Å²) in [6.45, 7) is 3.86. The molecular formula is C21H28N4O3S2. The summed E-state index contributed by atoms with van der Waals surface area (Å²) >= 11 is 1.36. The third-order valence-corrected chi connectivity index (χ3v) is 8.53. The lowest BCUT2D eigenvalue weighted by molar-refractivity contribution is -0.119. The van der Waals surface area contributed by atoms with Gasteiger partial charge in [0.2, 0.25) is 5.91 Å². The number of aromatic nitrogens is 2. The molecule has 2 fully saturated rings. The van der Waals surface area contributed by atoms with Crippen molar-refractivity contribution in [3.05, 3.63) is 42.2 Å². The van der Waals surface area contributed by atoms with Gasteiger partial charge in [-0.15, -0.1) is 0 Å². The van der Waals surface area contributed by atoms with Crippen LogP contribution >= 0.6 is 11.8 Å². The Morgan fingerprint density at radius 3 is 2.73 bits per heavy atom. The minimum absolute atomic E-state index is 0.0302. The lowest BCUT2D eigenvalue weighted by Gasteiger charge is -2.35. The summed E-state index contributed by atoms with van der Waals surface area (Å²) in [6, 6.07) is 7.58. The summed E-state index contributed by atoms with van der Waals surface area (Å²) in [5.74, 6) is 0.223. The van der Waals surface area contributed by atoms with Crippen LogP contribution in [0.15, 0.2) is 41.8 Å². The second-order valence-corrected chi connectivity index (χ2v) is 11.2. The maximum absolute atomic E-state index is 12.7. The number of hydrogen-bond donors (Lipinski definition) is 1. The smallest absolute Gasteiger partial charge is 0.230 e. The summed E-state index contributed by atoms with van der Waals surface area (Å²) in [6.07, 6.45) is 6.99. The van der Waals surface area contributed by atoms with Gasteiger partial charge in [0, 0.05) is 18.4 Å². The van der Waals surface area contributed by atoms with E-state index in [0.29, 0.717) is 0 Å². The van der Waals surface area contributed by atoms with E-state index in [1.54, 1.807) is 6.20 Å². The molecule has 2 atom stereocenters. The van der Waals surface area contributed by atoms with Crippen molar-refractivity contribution in [1.29, 1.82) is 0 Å². The van der Waals surface area contributed by atoms with E-state index in [1.165, 1.54) is 18.2 Å². The average Bonchev–Trinajstić information content (AvgIpc) is 3.31. The van der Waals surface area contributed by atoms with Crippen molar-refractivity contribution in [3.63, 3.8) is 0 Å². The molecule has 3 heterocycles. The molecule has 30 heavy (non-hydrogen) atoms. The fourth-order valence-electron chi connectivity index (χ4n) is 4.37. The zero-order valence-corrected chi connectivity index (χ0v) is 18.8. The summed E-state index contributed by atoms with van der Waals surface area (Å²) in [5.41, 5.74) is 2.16. The molecule has 0 saturated carbocycles. The predicted octanol–water partition coefficient (Wildman–Crippen LogP) is 2.04. The number of hydrogen-bond acceptors (Lipinski definition) is 6. The van der Waals surface area contributed by atoms with Crippen LogP contribution in [-0.4, -0.2) is 71.2 Å². The number of rotatable bonds is 6. The first-order chi connectivity index (χ1) is 14.4. The number of sulfone groups is 1. The lowest BCUT2D eigenvalue weighted by Crippen LogP contribution is -2.52. The number of benzene rings is 1. The number of thioether (sulfide) groups is 1. The Balaban J connectivity index is 1.39. The highest BCUT2D eigenvalue weighted by Crippen LogP contribution is 2.24. The van der Waals surface area contributed by atoms with E-state index < -0.39 is 9.84 Å². The van der Waals surface area contributed by atoms with Gasteiger partial charge in [0.25, 0.3) is 0 Å². The average molecular weight is 449 g/mol. The number of likely N-dealkylation sites (tertiary alicyclic amines) is 1. The van der Waals surface area contributed by atoms with Crippen molar-refractivity contribution < 1.29 is 13.2 Å². The van der Waals surface area contributed by atoms with Crippen LogP contribution in [0.5, 0.6) is 0 Å². The first-order valence-electron chi connectivity index (χ1n) is 10.4. The highest BCUT2D eigenvalue weighted by Gasteiger charge is 2.41. The van der Waals surface area contributed by atoms with E-state index in [4.69, 9.17) is 0 Å². The fraction of sp³-hybridized carbons (Fsp3) is 0.524. The Kier molecular flexibility index (Phi) is 6.50. The fourth-order valence-corrected chi connectivity index (χ4v) is 7.10. The van der Waals surface area contributed by atoms with Crippen LogP contribution in [0.1, 0.15) is 24.8 Å². The topological polar surface area (TPSA) is 84.3 Å². The van der Waals surface area contributed by atoms with Crippen molar-refractivity contribution in [3.8, 4) is 5.69 Å². The van der Waals surface area contributed by atoms with Crippen LogP contribution in [-0.2, 0) is 14.6 Å². The first kappa shape index (κ1) is 21.4. The molecule has 162 valence electrons. The van der Waals surface area contributed by atoms with Gasteiger partial charge in [-0.05, 0) is 44.5 Å². The molecular weight excluding hydrogens is 420 g/mol.